The van der Waals surface area contributed by atoms with Gasteiger partial charge < -0.3 is 14.6 Å². The molecule has 5 nitrogen and oxygen atoms in total. The zero-order valence-electron chi connectivity index (χ0n) is 8.49. The van der Waals surface area contributed by atoms with Crippen LogP contribution >= 0.6 is 0 Å². The van der Waals surface area contributed by atoms with Crippen LogP contribution in [0.15, 0.2) is 11.3 Å². The van der Waals surface area contributed by atoms with Crippen molar-refractivity contribution in [3.63, 3.8) is 0 Å². The van der Waals surface area contributed by atoms with Gasteiger partial charge in [0.1, 0.15) is 0 Å². The monoisotopic (exact) mass is 202 g/mol. The molecule has 80 valence electrons. The molecule has 0 spiro atoms. The molecule has 0 heterocycles. The molecule has 0 unspecified atom stereocenters. The number of aliphatic hydroxyl groups is 1. The summed E-state index contributed by atoms with van der Waals surface area (Å²) in [5, 5.41) is 9.22. The molecule has 0 aromatic heterocycles. The Hall–Kier alpha value is -1.52. The molecule has 5 heteroatoms. The summed E-state index contributed by atoms with van der Waals surface area (Å²) in [5.74, 6) is -2.35. The van der Waals surface area contributed by atoms with Crippen molar-refractivity contribution >= 4 is 11.9 Å². The molecule has 0 bridgehead atoms. The second-order valence-corrected chi connectivity index (χ2v) is 2.41. The van der Waals surface area contributed by atoms with Crippen molar-refractivity contribution in [3.05, 3.63) is 11.3 Å². The summed E-state index contributed by atoms with van der Waals surface area (Å²) in [7, 11) is 0. The van der Waals surface area contributed by atoms with Gasteiger partial charge in [-0.1, -0.05) is 0 Å². The molecule has 0 aliphatic carbocycles. The van der Waals surface area contributed by atoms with E-state index in [2.05, 4.69) is 9.47 Å². The minimum Gasteiger partial charge on any atom is -0.501 e. The van der Waals surface area contributed by atoms with Crippen LogP contribution in [0.5, 0.6) is 0 Å². The molecule has 0 aliphatic rings. The van der Waals surface area contributed by atoms with E-state index in [0.717, 1.165) is 0 Å². The van der Waals surface area contributed by atoms with Crippen LogP contribution in [0.1, 0.15) is 20.8 Å². The molecule has 0 aromatic rings. The summed E-state index contributed by atoms with van der Waals surface area (Å²) >= 11 is 0. The van der Waals surface area contributed by atoms with Crippen LogP contribution in [-0.2, 0) is 19.1 Å². The molecule has 0 amide bonds. The predicted molar refractivity (Wildman–Crippen MR) is 48.6 cm³/mol. The van der Waals surface area contributed by atoms with Crippen LogP contribution in [0.2, 0.25) is 0 Å². The maximum Gasteiger partial charge on any atom is 0.373 e. The molecule has 1 N–H and O–H groups in total. The first-order valence-corrected chi connectivity index (χ1v) is 4.28. The third-order valence-corrected chi connectivity index (χ3v) is 1.41. The third kappa shape index (κ3) is 3.47. The Morgan fingerprint density at radius 3 is 1.93 bits per heavy atom. The second kappa shape index (κ2) is 6.01. The average molecular weight is 202 g/mol. The van der Waals surface area contributed by atoms with Crippen molar-refractivity contribution in [2.24, 2.45) is 0 Å². The van der Waals surface area contributed by atoms with Gasteiger partial charge in [-0.15, -0.1) is 0 Å². The second-order valence-electron chi connectivity index (χ2n) is 2.41. The Bertz CT molecular complexity index is 228. The zero-order valence-corrected chi connectivity index (χ0v) is 8.49. The lowest BCUT2D eigenvalue weighted by atomic mass is 10.2. The highest BCUT2D eigenvalue weighted by atomic mass is 16.5. The SMILES string of the molecule is CCOC(=O)C(C)=C(O)C(=O)OCC. The Morgan fingerprint density at radius 1 is 1.07 bits per heavy atom. The summed E-state index contributed by atoms with van der Waals surface area (Å²) in [4.78, 5) is 22.0. The summed E-state index contributed by atoms with van der Waals surface area (Å²) in [6.45, 7) is 4.85. The average Bonchev–Trinajstić information content (AvgIpc) is 2.16. The van der Waals surface area contributed by atoms with E-state index in [1.165, 1.54) is 6.92 Å². The van der Waals surface area contributed by atoms with Crippen molar-refractivity contribution in [1.29, 1.82) is 0 Å². The van der Waals surface area contributed by atoms with Crippen LogP contribution < -0.4 is 0 Å². The van der Waals surface area contributed by atoms with Crippen LogP contribution in [0.25, 0.3) is 0 Å². The molecular formula is C9H14O5. The van der Waals surface area contributed by atoms with Crippen LogP contribution in [0.3, 0.4) is 0 Å². The maximum absolute atomic E-state index is 11.0. The Labute approximate surface area is 82.3 Å². The van der Waals surface area contributed by atoms with Gasteiger partial charge >= 0.3 is 11.9 Å². The molecule has 0 fully saturated rings. The van der Waals surface area contributed by atoms with E-state index in [9.17, 15) is 14.7 Å². The van der Waals surface area contributed by atoms with E-state index in [0.29, 0.717) is 0 Å². The van der Waals surface area contributed by atoms with Gasteiger partial charge in [0.2, 0.25) is 5.76 Å². The normalized spacial score (nSPS) is 11.6. The first-order chi connectivity index (χ1) is 6.54. The lowest BCUT2D eigenvalue weighted by molar-refractivity contribution is -0.144. The number of rotatable bonds is 4. The summed E-state index contributed by atoms with van der Waals surface area (Å²) in [5.41, 5.74) is -0.148. The third-order valence-electron chi connectivity index (χ3n) is 1.41. The smallest absolute Gasteiger partial charge is 0.373 e. The first kappa shape index (κ1) is 12.5. The van der Waals surface area contributed by atoms with E-state index >= 15 is 0 Å². The lowest BCUT2D eigenvalue weighted by Gasteiger charge is -2.04. The summed E-state index contributed by atoms with van der Waals surface area (Å²) in [6, 6.07) is 0. The van der Waals surface area contributed by atoms with Crippen LogP contribution in [-0.4, -0.2) is 30.3 Å². The fourth-order valence-electron chi connectivity index (χ4n) is 0.689. The number of esters is 2. The topological polar surface area (TPSA) is 72.8 Å². The lowest BCUT2D eigenvalue weighted by Crippen LogP contribution is -2.14. The molecule has 0 saturated heterocycles. The molecule has 0 rings (SSSR count). The van der Waals surface area contributed by atoms with Crippen LogP contribution in [0.4, 0.5) is 0 Å². The van der Waals surface area contributed by atoms with Gasteiger partial charge in [0.15, 0.2) is 0 Å². The fourth-order valence-corrected chi connectivity index (χ4v) is 0.689. The Morgan fingerprint density at radius 2 is 1.50 bits per heavy atom. The molecule has 14 heavy (non-hydrogen) atoms. The highest BCUT2D eigenvalue weighted by molar-refractivity contribution is 5.98. The number of carbonyl (C=O) groups is 2. The quantitative estimate of drug-likeness (QED) is 0.417. The standard InChI is InChI=1S/C9H14O5/c1-4-13-8(11)6(3)7(10)9(12)14-5-2/h10H,4-5H2,1-3H3. The fraction of sp³-hybridized carbons (Fsp3) is 0.556. The first-order valence-electron chi connectivity index (χ1n) is 4.28. The molecule has 0 atom stereocenters. The van der Waals surface area contributed by atoms with Crippen molar-refractivity contribution in [3.8, 4) is 0 Å². The van der Waals surface area contributed by atoms with Crippen LogP contribution in [0, 0.1) is 0 Å². The molecular weight excluding hydrogens is 188 g/mol. The number of aliphatic hydroxyl groups excluding tert-OH is 1. The van der Waals surface area contributed by atoms with Gasteiger partial charge in [-0.25, -0.2) is 9.59 Å². The van der Waals surface area contributed by atoms with Crippen molar-refractivity contribution < 1.29 is 24.2 Å². The Kier molecular flexibility index (Phi) is 5.36. The van der Waals surface area contributed by atoms with E-state index in [4.69, 9.17) is 0 Å². The zero-order chi connectivity index (χ0) is 11.1. The number of ether oxygens (including phenoxy) is 2. The van der Waals surface area contributed by atoms with Gasteiger partial charge in [0.05, 0.1) is 18.8 Å². The van der Waals surface area contributed by atoms with Crippen molar-refractivity contribution in [2.75, 3.05) is 13.2 Å². The highest BCUT2D eigenvalue weighted by Gasteiger charge is 2.18. The van der Waals surface area contributed by atoms with E-state index in [1.54, 1.807) is 13.8 Å². The number of hydrogen-bond donors (Lipinski definition) is 1. The van der Waals surface area contributed by atoms with Gasteiger partial charge in [-0.05, 0) is 20.8 Å². The summed E-state index contributed by atoms with van der Waals surface area (Å²) < 4.78 is 9.09. The van der Waals surface area contributed by atoms with E-state index in [-0.39, 0.29) is 18.8 Å². The van der Waals surface area contributed by atoms with E-state index < -0.39 is 17.7 Å². The Balaban J connectivity index is 4.57. The van der Waals surface area contributed by atoms with Gasteiger partial charge in [-0.2, -0.15) is 0 Å². The van der Waals surface area contributed by atoms with Gasteiger partial charge in [0, 0.05) is 0 Å². The van der Waals surface area contributed by atoms with Gasteiger partial charge in [-0.3, -0.25) is 0 Å². The minimum atomic E-state index is -0.918. The maximum atomic E-state index is 11.0. The van der Waals surface area contributed by atoms with Gasteiger partial charge in [0.25, 0.3) is 0 Å². The largest absolute Gasteiger partial charge is 0.501 e. The molecule has 0 aromatic carbocycles. The number of carbonyl (C=O) groups excluding carboxylic acids is 2. The molecule has 0 radical (unpaired) electrons. The van der Waals surface area contributed by atoms with Crippen molar-refractivity contribution in [1.82, 2.24) is 0 Å². The highest BCUT2D eigenvalue weighted by Crippen LogP contribution is 2.05. The van der Waals surface area contributed by atoms with E-state index in [1.807, 2.05) is 0 Å². The molecule has 0 aliphatic heterocycles. The number of hydrogen-bond acceptors (Lipinski definition) is 5. The minimum absolute atomic E-state index is 0.138. The summed E-state index contributed by atoms with van der Waals surface area (Å²) in [6.07, 6.45) is 0. The predicted octanol–water partition coefficient (Wildman–Crippen LogP) is 0.945. The molecule has 0 saturated carbocycles. The van der Waals surface area contributed by atoms with Crippen molar-refractivity contribution in [2.45, 2.75) is 20.8 Å².